The first-order valence-corrected chi connectivity index (χ1v) is 19.2. The summed E-state index contributed by atoms with van der Waals surface area (Å²) >= 11 is 0. The minimum Gasteiger partial charge on any atom is -0.381 e. The van der Waals surface area contributed by atoms with Crippen molar-refractivity contribution in [2.24, 2.45) is 5.41 Å². The lowest BCUT2D eigenvalue weighted by Crippen LogP contribution is -2.48. The van der Waals surface area contributed by atoms with E-state index in [1.165, 1.54) is 16.7 Å². The van der Waals surface area contributed by atoms with Crippen LogP contribution in [-0.2, 0) is 46.9 Å². The molecule has 4 aromatic rings. The molecule has 2 aromatic carbocycles. The fourth-order valence-corrected chi connectivity index (χ4v) is 7.81. The summed E-state index contributed by atoms with van der Waals surface area (Å²) in [6.07, 6.45) is 5.48. The normalized spacial score (nSPS) is 19.0. The zero-order valence-electron chi connectivity index (χ0n) is 31.2. The number of hydrogen-bond donors (Lipinski definition) is 4. The number of anilines is 1. The van der Waals surface area contributed by atoms with Crippen LogP contribution < -0.4 is 21.3 Å². The average molecular weight is 707 g/mol. The molecule has 276 valence electrons. The van der Waals surface area contributed by atoms with E-state index in [2.05, 4.69) is 101 Å². The third-order valence-electron chi connectivity index (χ3n) is 11.1. The van der Waals surface area contributed by atoms with Crippen LogP contribution in [0.4, 0.5) is 5.69 Å². The van der Waals surface area contributed by atoms with Crippen molar-refractivity contribution >= 4 is 28.5 Å². The largest absolute Gasteiger partial charge is 0.381 e. The minimum atomic E-state index is -1.05. The number of carbonyl (C=O) groups excluding carboxylic acids is 2. The number of aromatic nitrogens is 3. The Labute approximate surface area is 307 Å². The fourth-order valence-electron chi connectivity index (χ4n) is 7.81. The first-order valence-electron chi connectivity index (χ1n) is 19.2. The van der Waals surface area contributed by atoms with Gasteiger partial charge >= 0.3 is 0 Å². The van der Waals surface area contributed by atoms with Crippen molar-refractivity contribution in [3.63, 3.8) is 0 Å². The smallest absolute Gasteiger partial charge is 0.235 e. The van der Waals surface area contributed by atoms with Gasteiger partial charge in [-0.05, 0) is 92.8 Å². The van der Waals surface area contributed by atoms with Crippen LogP contribution in [0.3, 0.4) is 0 Å². The minimum absolute atomic E-state index is 0.214. The molecule has 1 aliphatic carbocycles. The van der Waals surface area contributed by atoms with E-state index in [-0.39, 0.29) is 24.4 Å². The first kappa shape index (κ1) is 36.1. The highest BCUT2D eigenvalue weighted by Gasteiger charge is 2.56. The number of nitrogens with zero attached hydrogens (tertiary/aromatic N) is 4. The van der Waals surface area contributed by atoms with Crippen molar-refractivity contribution in [2.45, 2.75) is 98.1 Å². The van der Waals surface area contributed by atoms with E-state index in [0.29, 0.717) is 31.8 Å². The maximum atomic E-state index is 13.8. The lowest BCUT2D eigenvalue weighted by molar-refractivity contribution is -0.137. The molecule has 2 aliphatic heterocycles. The van der Waals surface area contributed by atoms with Crippen LogP contribution in [0.2, 0.25) is 0 Å². The number of amides is 2. The molecule has 3 fully saturated rings. The summed E-state index contributed by atoms with van der Waals surface area (Å²) in [7, 11) is 0. The van der Waals surface area contributed by atoms with Crippen LogP contribution in [0.15, 0.2) is 48.7 Å². The van der Waals surface area contributed by atoms with Gasteiger partial charge in [-0.2, -0.15) is 5.10 Å². The number of benzene rings is 2. The molecular weight excluding hydrogens is 653 g/mol. The predicted molar refractivity (Wildman–Crippen MR) is 205 cm³/mol. The van der Waals surface area contributed by atoms with Crippen molar-refractivity contribution in [2.75, 3.05) is 38.2 Å². The second-order valence-corrected chi connectivity index (χ2v) is 14.9. The van der Waals surface area contributed by atoms with Crippen LogP contribution in [0, 0.1) is 12.3 Å². The average Bonchev–Trinajstić information content (AvgIpc) is 3.88. The molecule has 52 heavy (non-hydrogen) atoms. The van der Waals surface area contributed by atoms with Crippen molar-refractivity contribution in [3.05, 3.63) is 76.6 Å². The Balaban J connectivity index is 1.02. The van der Waals surface area contributed by atoms with E-state index in [1.807, 2.05) is 10.9 Å². The highest BCUT2D eigenvalue weighted by Crippen LogP contribution is 2.46. The summed E-state index contributed by atoms with van der Waals surface area (Å²) in [5.74, 6) is -0.442. The van der Waals surface area contributed by atoms with E-state index in [4.69, 9.17) is 9.72 Å². The number of piperazine rings is 1. The lowest BCUT2D eigenvalue weighted by Gasteiger charge is -2.31. The van der Waals surface area contributed by atoms with Crippen molar-refractivity contribution in [1.82, 2.24) is 35.6 Å². The number of fused-ring (bicyclic) bond motifs is 1. The van der Waals surface area contributed by atoms with Crippen molar-refractivity contribution < 1.29 is 14.3 Å². The molecule has 1 saturated carbocycles. The van der Waals surface area contributed by atoms with Crippen molar-refractivity contribution in [1.29, 1.82) is 0 Å². The standard InChI is InChI=1S/C41H54N8O3/c1-5-36-34(37(46-32-12-18-52-19-13-32)35-24-45-49(6-2)38(35)47-36)23-44-40(51)41(14-15-41)39(50)43-22-29-11-10-27(3)33(21-29)31-9-7-8-30(20-31)26-48-17-16-42-28(4)25-48/h7-11,20-21,24,28,32,42H,5-6,12-19,22-23,25-26H2,1-4H3,(H,43,50)(H,44,51)(H,46,47)/t28-/m1/s1. The number of ether oxygens (including phenoxy) is 1. The second-order valence-electron chi connectivity index (χ2n) is 14.9. The zero-order valence-corrected chi connectivity index (χ0v) is 31.2. The molecular formula is C41H54N8O3. The van der Waals surface area contributed by atoms with E-state index >= 15 is 0 Å². The quantitative estimate of drug-likeness (QED) is 0.142. The van der Waals surface area contributed by atoms with E-state index < -0.39 is 5.41 Å². The van der Waals surface area contributed by atoms with Crippen LogP contribution in [0.25, 0.3) is 22.2 Å². The number of aryl methyl sites for hydroxylation is 3. The monoisotopic (exact) mass is 706 g/mol. The van der Waals surface area contributed by atoms with Gasteiger partial charge in [0.25, 0.3) is 0 Å². The molecule has 1 atom stereocenters. The Hall–Kier alpha value is -4.32. The Morgan fingerprint density at radius 3 is 2.54 bits per heavy atom. The van der Waals surface area contributed by atoms with E-state index in [1.54, 1.807) is 0 Å². The Kier molecular flexibility index (Phi) is 10.9. The van der Waals surface area contributed by atoms with Gasteiger partial charge in [-0.3, -0.25) is 14.5 Å². The highest BCUT2D eigenvalue weighted by atomic mass is 16.5. The molecule has 2 aromatic heterocycles. The maximum Gasteiger partial charge on any atom is 0.235 e. The molecule has 11 heteroatoms. The van der Waals surface area contributed by atoms with Gasteiger partial charge in [0.05, 0.1) is 17.3 Å². The number of carbonyl (C=O) groups is 2. The zero-order chi connectivity index (χ0) is 36.2. The molecule has 0 spiro atoms. The Morgan fingerprint density at radius 2 is 1.81 bits per heavy atom. The van der Waals surface area contributed by atoms with Crippen LogP contribution in [0.5, 0.6) is 0 Å². The van der Waals surface area contributed by atoms with Gasteiger partial charge in [-0.25, -0.2) is 9.67 Å². The van der Waals surface area contributed by atoms with Crippen LogP contribution in [-0.4, -0.2) is 76.4 Å². The highest BCUT2D eigenvalue weighted by molar-refractivity contribution is 6.08. The third kappa shape index (κ3) is 7.72. The third-order valence-corrected chi connectivity index (χ3v) is 11.1. The molecule has 4 N–H and O–H groups in total. The molecule has 7 rings (SSSR count). The molecule has 4 heterocycles. The summed E-state index contributed by atoms with van der Waals surface area (Å²) in [5, 5.41) is 19.1. The van der Waals surface area contributed by atoms with Gasteiger partial charge in [0.2, 0.25) is 11.8 Å². The molecule has 3 aliphatic rings. The SMILES string of the molecule is CCc1nc2c(cnn2CC)c(NC2CCOCC2)c1CNC(=O)C1(C(=O)NCc2ccc(C)c(-c3cccc(CN4CCN[C@H](C)C4)c3)c2)CC1. The lowest BCUT2D eigenvalue weighted by atomic mass is 9.96. The van der Waals surface area contributed by atoms with Gasteiger partial charge in [0, 0.05) is 82.4 Å². The molecule has 2 amide bonds. The van der Waals surface area contributed by atoms with E-state index in [0.717, 1.165) is 97.9 Å². The molecule has 0 bridgehead atoms. The van der Waals surface area contributed by atoms with Gasteiger partial charge in [-0.15, -0.1) is 0 Å². The van der Waals surface area contributed by atoms with Crippen LogP contribution in [0.1, 0.15) is 74.4 Å². The Bertz CT molecular complexity index is 1910. The summed E-state index contributed by atoms with van der Waals surface area (Å²) in [5.41, 5.74) is 8.49. The fraction of sp³-hybridized carbons (Fsp3) is 0.512. The van der Waals surface area contributed by atoms with Crippen molar-refractivity contribution in [3.8, 4) is 11.1 Å². The predicted octanol–water partition coefficient (Wildman–Crippen LogP) is 5.09. The molecule has 0 radical (unpaired) electrons. The van der Waals surface area contributed by atoms with Crippen LogP contribution >= 0.6 is 0 Å². The van der Waals surface area contributed by atoms with Gasteiger partial charge in [0.15, 0.2) is 5.65 Å². The first-order chi connectivity index (χ1) is 25.3. The summed E-state index contributed by atoms with van der Waals surface area (Å²) < 4.78 is 7.53. The maximum absolute atomic E-state index is 13.8. The number of rotatable bonds is 13. The van der Waals surface area contributed by atoms with Gasteiger partial charge in [0.1, 0.15) is 5.41 Å². The second kappa shape index (κ2) is 15.7. The van der Waals surface area contributed by atoms with Gasteiger partial charge < -0.3 is 26.0 Å². The van der Waals surface area contributed by atoms with Gasteiger partial charge in [-0.1, -0.05) is 37.3 Å². The topological polar surface area (TPSA) is 125 Å². The summed E-state index contributed by atoms with van der Waals surface area (Å²) in [6.45, 7) is 15.4. The van der Waals surface area contributed by atoms with E-state index in [9.17, 15) is 9.59 Å². The summed E-state index contributed by atoms with van der Waals surface area (Å²) in [6, 6.07) is 15.9. The molecule has 2 saturated heterocycles. The number of nitrogens with one attached hydrogen (secondary N) is 4. The Morgan fingerprint density at radius 1 is 1.02 bits per heavy atom. The molecule has 11 nitrogen and oxygen atoms in total. The number of pyridine rings is 1. The number of hydrogen-bond acceptors (Lipinski definition) is 8. The molecule has 0 unspecified atom stereocenters. The summed E-state index contributed by atoms with van der Waals surface area (Å²) in [4.78, 5) is 35.0.